The minimum Gasteiger partial charge on any atom is -0.477 e. The number of carboxylic acids is 1. The van der Waals surface area contributed by atoms with E-state index in [1.807, 2.05) is 0 Å². The number of thiazole rings is 1. The maximum absolute atomic E-state index is 12.6. The van der Waals surface area contributed by atoms with Gasteiger partial charge in [0.15, 0.2) is 10.8 Å². The summed E-state index contributed by atoms with van der Waals surface area (Å²) in [4.78, 5) is 53.4. The number of carboxylic acid groups (broad SMARTS) is 1. The fourth-order valence-electron chi connectivity index (χ4n) is 2.74. The number of carbonyl (C=O) groups excluding carboxylic acids is 3. The quantitative estimate of drug-likeness (QED) is 0.102. The fraction of sp³-hybridized carbons (Fsp3) is 0.250. The molecule has 2 amide bonds. The van der Waals surface area contributed by atoms with E-state index >= 15 is 0 Å². The van der Waals surface area contributed by atoms with Crippen LogP contribution in [0, 0.1) is 0 Å². The van der Waals surface area contributed by atoms with Gasteiger partial charge in [-0.25, -0.2) is 14.6 Å². The monoisotopic (exact) mass is 485 g/mol. The van der Waals surface area contributed by atoms with Gasteiger partial charge in [-0.1, -0.05) is 16.9 Å². The van der Waals surface area contributed by atoms with Crippen molar-refractivity contribution in [2.75, 3.05) is 18.6 Å². The number of hydrogen-bond donors (Lipinski definition) is 4. The Bertz CT molecular complexity index is 1030. The van der Waals surface area contributed by atoms with Crippen molar-refractivity contribution in [2.24, 2.45) is 5.16 Å². The van der Waals surface area contributed by atoms with Crippen LogP contribution in [0.4, 0.5) is 5.13 Å². The molecule has 2 aliphatic heterocycles. The molecule has 15 heteroatoms. The van der Waals surface area contributed by atoms with Crippen LogP contribution in [0.5, 0.6) is 0 Å². The first kappa shape index (κ1) is 22.6. The van der Waals surface area contributed by atoms with Crippen molar-refractivity contribution in [3.05, 3.63) is 33.2 Å². The average molecular weight is 486 g/mol. The standard InChI is InChI=1S/C16H15N5O7S3/c1-28-8(22)2-3-29-7-5-30-14-10(13(24)21(14)11(7)15(25)26)19-12(23)9(20-27)6-4-31-16(17)18-6/h2-4,10,14,27H,5H2,1H3,(H2,17,18)(H,19,23)(H,25,26)/b3-2-,20-9-/t10-,14+/m1/s1. The lowest BCUT2D eigenvalue weighted by Crippen LogP contribution is -2.71. The van der Waals surface area contributed by atoms with E-state index in [1.54, 1.807) is 0 Å². The van der Waals surface area contributed by atoms with Gasteiger partial charge in [-0.3, -0.25) is 14.5 Å². The maximum atomic E-state index is 12.6. The number of nitrogens with two attached hydrogens (primary N) is 1. The number of anilines is 1. The molecule has 2 aliphatic rings. The Balaban J connectivity index is 1.74. The molecule has 1 saturated heterocycles. The maximum Gasteiger partial charge on any atom is 0.353 e. The summed E-state index contributed by atoms with van der Waals surface area (Å²) >= 11 is 3.27. The number of nitrogen functional groups attached to an aromatic ring is 1. The third kappa shape index (κ3) is 4.52. The van der Waals surface area contributed by atoms with Crippen molar-refractivity contribution < 1.29 is 34.2 Å². The van der Waals surface area contributed by atoms with Crippen LogP contribution < -0.4 is 11.1 Å². The van der Waals surface area contributed by atoms with Crippen LogP contribution in [0.15, 0.2) is 32.6 Å². The molecular formula is C16H15N5O7S3. The molecule has 2 atom stereocenters. The van der Waals surface area contributed by atoms with Gasteiger partial charge in [0.25, 0.3) is 11.8 Å². The number of β-lactam (4-membered cyclic amide) rings is 1. The van der Waals surface area contributed by atoms with E-state index in [4.69, 9.17) is 5.73 Å². The minimum atomic E-state index is -1.31. The van der Waals surface area contributed by atoms with Crippen LogP contribution in [0.2, 0.25) is 0 Å². The summed E-state index contributed by atoms with van der Waals surface area (Å²) in [7, 11) is 1.21. The molecule has 0 aromatic carbocycles. The SMILES string of the molecule is COC(=O)/C=C\SC1=C(C(=O)O)N2C(=O)[C@@H](NC(=O)/C(=N\O)c3csc(N)n3)[C@@H]2SC1. The third-order valence-corrected chi connectivity index (χ3v) is 7.15. The number of oxime groups is 1. The Morgan fingerprint density at radius 1 is 1.48 bits per heavy atom. The summed E-state index contributed by atoms with van der Waals surface area (Å²) in [5.74, 6) is -3.16. The van der Waals surface area contributed by atoms with E-state index in [0.29, 0.717) is 4.91 Å². The smallest absolute Gasteiger partial charge is 0.353 e. The summed E-state index contributed by atoms with van der Waals surface area (Å²) in [6, 6.07) is -1.02. The van der Waals surface area contributed by atoms with Crippen molar-refractivity contribution >= 4 is 69.5 Å². The second-order valence-electron chi connectivity index (χ2n) is 5.90. The number of amides is 2. The van der Waals surface area contributed by atoms with Gasteiger partial charge < -0.3 is 26.1 Å². The number of aliphatic carboxylic acids is 1. The van der Waals surface area contributed by atoms with Crippen LogP contribution >= 0.6 is 34.9 Å². The molecule has 0 spiro atoms. The highest BCUT2D eigenvalue weighted by Crippen LogP contribution is 2.43. The molecule has 12 nitrogen and oxygen atoms in total. The van der Waals surface area contributed by atoms with Gasteiger partial charge in [0.2, 0.25) is 0 Å². The van der Waals surface area contributed by atoms with Crippen LogP contribution in [0.1, 0.15) is 5.69 Å². The van der Waals surface area contributed by atoms with E-state index in [2.05, 4.69) is 20.2 Å². The zero-order valence-corrected chi connectivity index (χ0v) is 18.1. The van der Waals surface area contributed by atoms with Crippen LogP contribution in [-0.2, 0) is 23.9 Å². The van der Waals surface area contributed by atoms with Crippen molar-refractivity contribution in [1.82, 2.24) is 15.2 Å². The molecule has 3 heterocycles. The van der Waals surface area contributed by atoms with Gasteiger partial charge in [0, 0.05) is 22.1 Å². The molecule has 5 N–H and O–H groups in total. The van der Waals surface area contributed by atoms with Gasteiger partial charge in [0.05, 0.1) is 7.11 Å². The summed E-state index contributed by atoms with van der Waals surface area (Å²) < 4.78 is 4.47. The Morgan fingerprint density at radius 3 is 2.81 bits per heavy atom. The normalized spacial score (nSPS) is 21.0. The number of rotatable bonds is 7. The molecule has 0 aliphatic carbocycles. The molecule has 164 valence electrons. The number of fused-ring (bicyclic) bond motifs is 1. The molecular weight excluding hydrogens is 470 g/mol. The fourth-order valence-corrected chi connectivity index (χ4v) is 5.60. The van der Waals surface area contributed by atoms with Gasteiger partial charge in [-0.15, -0.1) is 23.1 Å². The van der Waals surface area contributed by atoms with Crippen LogP contribution in [-0.4, -0.2) is 73.9 Å². The van der Waals surface area contributed by atoms with Gasteiger partial charge in [-0.2, -0.15) is 0 Å². The molecule has 1 fully saturated rings. The van der Waals surface area contributed by atoms with E-state index in [1.165, 1.54) is 29.7 Å². The number of carbonyl (C=O) groups is 4. The lowest BCUT2D eigenvalue weighted by molar-refractivity contribution is -0.150. The first-order valence-corrected chi connectivity index (χ1v) is 11.2. The molecule has 31 heavy (non-hydrogen) atoms. The lowest BCUT2D eigenvalue weighted by atomic mass is 10.0. The molecule has 1 aromatic rings. The minimum absolute atomic E-state index is 0.0460. The number of hydrogen-bond acceptors (Lipinski definition) is 12. The Hall–Kier alpha value is -3.04. The lowest BCUT2D eigenvalue weighted by Gasteiger charge is -2.49. The van der Waals surface area contributed by atoms with Gasteiger partial charge in [-0.05, 0) is 5.41 Å². The first-order valence-electron chi connectivity index (χ1n) is 8.35. The number of nitrogens with zero attached hydrogens (tertiary/aromatic N) is 3. The van der Waals surface area contributed by atoms with Gasteiger partial charge >= 0.3 is 11.9 Å². The van der Waals surface area contributed by atoms with Crippen molar-refractivity contribution in [2.45, 2.75) is 11.4 Å². The van der Waals surface area contributed by atoms with Crippen molar-refractivity contribution in [1.29, 1.82) is 0 Å². The molecule has 1 aromatic heterocycles. The third-order valence-electron chi connectivity index (χ3n) is 4.12. The molecule has 0 unspecified atom stereocenters. The molecule has 3 rings (SSSR count). The van der Waals surface area contributed by atoms with Crippen molar-refractivity contribution in [3.8, 4) is 0 Å². The van der Waals surface area contributed by atoms with E-state index in [9.17, 15) is 29.5 Å². The number of methoxy groups -OCH3 is 1. The largest absolute Gasteiger partial charge is 0.477 e. The van der Waals surface area contributed by atoms with Crippen LogP contribution in [0.25, 0.3) is 0 Å². The predicted octanol–water partition coefficient (Wildman–Crippen LogP) is 0.0196. The van der Waals surface area contributed by atoms with E-state index in [0.717, 1.165) is 34.1 Å². The highest BCUT2D eigenvalue weighted by atomic mass is 32.2. The molecule has 0 radical (unpaired) electrons. The highest BCUT2D eigenvalue weighted by molar-refractivity contribution is 8.08. The Kier molecular flexibility index (Phi) is 6.87. The summed E-state index contributed by atoms with van der Waals surface area (Å²) in [5.41, 5.74) is 4.92. The molecule has 0 bridgehead atoms. The van der Waals surface area contributed by atoms with Crippen LogP contribution in [0.3, 0.4) is 0 Å². The summed E-state index contributed by atoms with van der Waals surface area (Å²) in [5, 5.41) is 26.5. The second-order valence-corrected chi connectivity index (χ2v) is 8.90. The average Bonchev–Trinajstić information content (AvgIpc) is 3.17. The Morgan fingerprint density at radius 2 is 2.23 bits per heavy atom. The molecule has 0 saturated carbocycles. The van der Waals surface area contributed by atoms with Gasteiger partial charge in [0.1, 0.15) is 22.8 Å². The topological polar surface area (TPSA) is 185 Å². The van der Waals surface area contributed by atoms with Crippen molar-refractivity contribution in [3.63, 3.8) is 0 Å². The number of nitrogens with one attached hydrogen (secondary N) is 1. The number of esters is 1. The highest BCUT2D eigenvalue weighted by Gasteiger charge is 2.54. The predicted molar refractivity (Wildman–Crippen MR) is 113 cm³/mol. The number of aromatic nitrogens is 1. The second kappa shape index (κ2) is 9.40. The van der Waals surface area contributed by atoms with E-state index in [-0.39, 0.29) is 22.3 Å². The summed E-state index contributed by atoms with van der Waals surface area (Å²) in [6.45, 7) is 0. The summed E-state index contributed by atoms with van der Waals surface area (Å²) in [6.07, 6.45) is 1.13. The zero-order valence-electron chi connectivity index (χ0n) is 15.7. The Labute approximate surface area is 187 Å². The number of thioether (sulfide) groups is 2. The first-order chi connectivity index (χ1) is 14.8. The van der Waals surface area contributed by atoms with E-state index < -0.39 is 40.9 Å². The number of ether oxygens (including phenoxy) is 1. The zero-order chi connectivity index (χ0) is 22.7.